The van der Waals surface area contributed by atoms with Crippen LogP contribution in [0.3, 0.4) is 0 Å². The van der Waals surface area contributed by atoms with Crippen molar-refractivity contribution in [1.82, 2.24) is 5.32 Å². The van der Waals surface area contributed by atoms with Gasteiger partial charge in [-0.25, -0.2) is 0 Å². The molecular formula is C14H18ClNO3S. The SMILES string of the molecule is CCC(CC(=O)O)NC(=O)CSCc1cccc(Cl)c1. The Morgan fingerprint density at radius 3 is 2.80 bits per heavy atom. The number of benzene rings is 1. The molecule has 1 amide bonds. The fourth-order valence-corrected chi connectivity index (χ4v) is 2.66. The molecule has 1 atom stereocenters. The Morgan fingerprint density at radius 2 is 2.20 bits per heavy atom. The largest absolute Gasteiger partial charge is 0.481 e. The highest BCUT2D eigenvalue weighted by molar-refractivity contribution is 7.99. The van der Waals surface area contributed by atoms with Gasteiger partial charge in [-0.05, 0) is 24.1 Å². The summed E-state index contributed by atoms with van der Waals surface area (Å²) in [6.07, 6.45) is 0.568. The van der Waals surface area contributed by atoms with Crippen LogP contribution < -0.4 is 5.32 Å². The molecule has 20 heavy (non-hydrogen) atoms. The van der Waals surface area contributed by atoms with E-state index < -0.39 is 5.97 Å². The molecule has 0 saturated carbocycles. The molecule has 0 fully saturated rings. The van der Waals surface area contributed by atoms with E-state index in [1.165, 1.54) is 11.8 Å². The van der Waals surface area contributed by atoms with Crippen LogP contribution in [0.25, 0.3) is 0 Å². The molecule has 0 aliphatic carbocycles. The summed E-state index contributed by atoms with van der Waals surface area (Å²) in [4.78, 5) is 22.3. The predicted molar refractivity (Wildman–Crippen MR) is 82.1 cm³/mol. The van der Waals surface area contributed by atoms with Gasteiger partial charge in [-0.1, -0.05) is 30.7 Å². The second-order valence-corrected chi connectivity index (χ2v) is 5.82. The Bertz CT molecular complexity index is 467. The lowest BCUT2D eigenvalue weighted by Gasteiger charge is -2.14. The van der Waals surface area contributed by atoms with E-state index in [1.54, 1.807) is 6.07 Å². The molecule has 6 heteroatoms. The Kier molecular flexibility index (Phi) is 7.47. The van der Waals surface area contributed by atoms with Gasteiger partial charge in [0.25, 0.3) is 0 Å². The molecule has 1 aromatic rings. The summed E-state index contributed by atoms with van der Waals surface area (Å²) >= 11 is 7.35. The van der Waals surface area contributed by atoms with Crippen LogP contribution in [0.1, 0.15) is 25.3 Å². The van der Waals surface area contributed by atoms with E-state index >= 15 is 0 Å². The summed E-state index contributed by atoms with van der Waals surface area (Å²) in [7, 11) is 0. The van der Waals surface area contributed by atoms with Crippen LogP contribution in [0.15, 0.2) is 24.3 Å². The molecule has 4 nitrogen and oxygen atoms in total. The maximum atomic E-state index is 11.7. The third kappa shape index (κ3) is 6.82. The van der Waals surface area contributed by atoms with Gasteiger partial charge < -0.3 is 10.4 Å². The van der Waals surface area contributed by atoms with Gasteiger partial charge in [0.1, 0.15) is 0 Å². The lowest BCUT2D eigenvalue weighted by molar-refractivity contribution is -0.137. The zero-order chi connectivity index (χ0) is 15.0. The number of carbonyl (C=O) groups excluding carboxylic acids is 1. The van der Waals surface area contributed by atoms with Crippen LogP contribution in [-0.4, -0.2) is 28.8 Å². The van der Waals surface area contributed by atoms with Crippen LogP contribution in [0.2, 0.25) is 5.02 Å². The van der Waals surface area contributed by atoms with Crippen molar-refractivity contribution in [2.75, 3.05) is 5.75 Å². The van der Waals surface area contributed by atoms with Crippen molar-refractivity contribution in [3.8, 4) is 0 Å². The quantitative estimate of drug-likeness (QED) is 0.774. The molecule has 0 heterocycles. The van der Waals surface area contributed by atoms with Crippen LogP contribution >= 0.6 is 23.4 Å². The average Bonchev–Trinajstić information content (AvgIpc) is 2.37. The summed E-state index contributed by atoms with van der Waals surface area (Å²) in [5.41, 5.74) is 1.06. The van der Waals surface area contributed by atoms with E-state index in [0.717, 1.165) is 5.56 Å². The molecule has 1 rings (SSSR count). The van der Waals surface area contributed by atoms with Crippen molar-refractivity contribution in [1.29, 1.82) is 0 Å². The number of amides is 1. The zero-order valence-corrected chi connectivity index (χ0v) is 12.8. The number of aliphatic carboxylic acids is 1. The maximum Gasteiger partial charge on any atom is 0.305 e. The zero-order valence-electron chi connectivity index (χ0n) is 11.3. The molecule has 0 spiro atoms. The molecule has 1 unspecified atom stereocenters. The van der Waals surface area contributed by atoms with Crippen molar-refractivity contribution < 1.29 is 14.7 Å². The summed E-state index contributed by atoms with van der Waals surface area (Å²) < 4.78 is 0. The summed E-state index contributed by atoms with van der Waals surface area (Å²) in [6, 6.07) is 7.20. The number of nitrogens with one attached hydrogen (secondary N) is 1. The molecule has 0 radical (unpaired) electrons. The third-order valence-electron chi connectivity index (χ3n) is 2.67. The van der Waals surface area contributed by atoms with Gasteiger partial charge in [-0.2, -0.15) is 0 Å². The predicted octanol–water partition coefficient (Wildman–Crippen LogP) is 2.94. The topological polar surface area (TPSA) is 66.4 Å². The third-order valence-corrected chi connectivity index (χ3v) is 3.91. The van der Waals surface area contributed by atoms with E-state index in [-0.39, 0.29) is 18.4 Å². The number of hydrogen-bond acceptors (Lipinski definition) is 3. The summed E-state index contributed by atoms with van der Waals surface area (Å²) in [6.45, 7) is 1.85. The Hall–Kier alpha value is -1.20. The molecule has 110 valence electrons. The first kappa shape index (κ1) is 16.9. The highest BCUT2D eigenvalue weighted by Crippen LogP contribution is 2.16. The van der Waals surface area contributed by atoms with E-state index in [0.29, 0.717) is 22.9 Å². The van der Waals surface area contributed by atoms with E-state index in [4.69, 9.17) is 16.7 Å². The molecule has 1 aromatic carbocycles. The summed E-state index contributed by atoms with van der Waals surface area (Å²) in [5.74, 6) is -0.0272. The lowest BCUT2D eigenvalue weighted by Crippen LogP contribution is -2.37. The summed E-state index contributed by atoms with van der Waals surface area (Å²) in [5, 5.41) is 12.1. The highest BCUT2D eigenvalue weighted by atomic mass is 35.5. The number of rotatable bonds is 8. The maximum absolute atomic E-state index is 11.7. The standard InChI is InChI=1S/C14H18ClNO3S/c1-2-12(7-14(18)19)16-13(17)9-20-8-10-4-3-5-11(15)6-10/h3-6,12H,2,7-9H2,1H3,(H,16,17)(H,18,19). The second kappa shape index (κ2) is 8.87. The van der Waals surface area contributed by atoms with Gasteiger partial charge >= 0.3 is 5.97 Å². The first-order valence-corrected chi connectivity index (χ1v) is 7.88. The van der Waals surface area contributed by atoms with Crippen LogP contribution in [0.5, 0.6) is 0 Å². The number of hydrogen-bond donors (Lipinski definition) is 2. The average molecular weight is 316 g/mol. The normalized spacial score (nSPS) is 11.9. The first-order valence-electron chi connectivity index (χ1n) is 6.34. The van der Waals surface area contributed by atoms with Crippen molar-refractivity contribution in [3.63, 3.8) is 0 Å². The van der Waals surface area contributed by atoms with Crippen LogP contribution in [0.4, 0.5) is 0 Å². The highest BCUT2D eigenvalue weighted by Gasteiger charge is 2.13. The van der Waals surface area contributed by atoms with Gasteiger partial charge in [0.15, 0.2) is 0 Å². The van der Waals surface area contributed by atoms with E-state index in [1.807, 2.05) is 25.1 Å². The fraction of sp³-hybridized carbons (Fsp3) is 0.429. The first-order chi connectivity index (χ1) is 9.51. The number of carbonyl (C=O) groups is 2. The smallest absolute Gasteiger partial charge is 0.305 e. The second-order valence-electron chi connectivity index (χ2n) is 4.39. The number of halogens is 1. The van der Waals surface area contributed by atoms with Gasteiger partial charge in [0.05, 0.1) is 12.2 Å². The molecular weight excluding hydrogens is 298 g/mol. The lowest BCUT2D eigenvalue weighted by atomic mass is 10.1. The van der Waals surface area contributed by atoms with Gasteiger partial charge in [0.2, 0.25) is 5.91 Å². The minimum absolute atomic E-state index is 0.0405. The minimum Gasteiger partial charge on any atom is -0.481 e. The van der Waals surface area contributed by atoms with Gasteiger partial charge in [-0.15, -0.1) is 11.8 Å². The molecule has 0 aromatic heterocycles. The molecule has 0 saturated heterocycles. The van der Waals surface area contributed by atoms with Crippen LogP contribution in [-0.2, 0) is 15.3 Å². The van der Waals surface area contributed by atoms with Gasteiger partial charge in [-0.3, -0.25) is 9.59 Å². The Morgan fingerprint density at radius 1 is 1.45 bits per heavy atom. The van der Waals surface area contributed by atoms with E-state index in [9.17, 15) is 9.59 Å². The van der Waals surface area contributed by atoms with Crippen LogP contribution in [0, 0.1) is 0 Å². The number of carboxylic acids is 1. The Balaban J connectivity index is 2.30. The molecule has 2 N–H and O–H groups in total. The van der Waals surface area contributed by atoms with Crippen molar-refractivity contribution in [3.05, 3.63) is 34.9 Å². The monoisotopic (exact) mass is 315 g/mol. The Labute approximate surface area is 127 Å². The fourth-order valence-electron chi connectivity index (χ4n) is 1.67. The van der Waals surface area contributed by atoms with E-state index in [2.05, 4.69) is 5.32 Å². The minimum atomic E-state index is -0.899. The van der Waals surface area contributed by atoms with Crippen molar-refractivity contribution >= 4 is 35.2 Å². The van der Waals surface area contributed by atoms with Crippen molar-refractivity contribution in [2.45, 2.75) is 31.6 Å². The molecule has 0 bridgehead atoms. The van der Waals surface area contributed by atoms with Crippen molar-refractivity contribution in [2.24, 2.45) is 0 Å². The molecule has 0 aliphatic rings. The number of carboxylic acid groups (broad SMARTS) is 1. The molecule has 0 aliphatic heterocycles. The number of thioether (sulfide) groups is 1. The van der Waals surface area contributed by atoms with Gasteiger partial charge in [0, 0.05) is 16.8 Å².